The van der Waals surface area contributed by atoms with Crippen LogP contribution < -0.4 is 15.8 Å². The number of carbonyl (C=O) groups excluding carboxylic acids is 2. The first-order chi connectivity index (χ1) is 20.4. The number of hydrogen-bond acceptors (Lipinski definition) is 8. The van der Waals surface area contributed by atoms with Crippen LogP contribution in [0.3, 0.4) is 0 Å². The number of piperidine rings is 1. The van der Waals surface area contributed by atoms with Gasteiger partial charge in [0.25, 0.3) is 5.91 Å². The number of halogens is 2. The lowest BCUT2D eigenvalue weighted by Gasteiger charge is -2.34. The highest BCUT2D eigenvalue weighted by Gasteiger charge is 2.31. The number of nitrogens with zero attached hydrogens (tertiary/aromatic N) is 5. The molecule has 0 spiro atoms. The summed E-state index contributed by atoms with van der Waals surface area (Å²) >= 11 is 0. The molecule has 2 aromatic heterocycles. The first-order valence-electron chi connectivity index (χ1n) is 13.8. The Kier molecular flexibility index (Phi) is 8.16. The summed E-state index contributed by atoms with van der Waals surface area (Å²) in [5, 5.41) is 7.91. The Morgan fingerprint density at radius 3 is 2.65 bits per heavy atom. The highest BCUT2D eigenvalue weighted by atomic mass is 19.1. The molecule has 3 N–H and O–H groups in total. The van der Waals surface area contributed by atoms with Gasteiger partial charge in [-0.2, -0.15) is 5.10 Å². The zero-order valence-corrected chi connectivity index (χ0v) is 24.4. The van der Waals surface area contributed by atoms with E-state index in [1.165, 1.54) is 25.6 Å². The quantitative estimate of drug-likeness (QED) is 0.323. The highest BCUT2D eigenvalue weighted by molar-refractivity contribution is 5.98. The van der Waals surface area contributed by atoms with Crippen molar-refractivity contribution in [3.63, 3.8) is 0 Å². The molecule has 1 saturated heterocycles. The molecule has 0 aliphatic carbocycles. The molecule has 4 aromatic rings. The van der Waals surface area contributed by atoms with Crippen LogP contribution in [0.5, 0.6) is 5.75 Å². The van der Waals surface area contributed by atoms with E-state index in [1.54, 1.807) is 21.7 Å². The number of nitrogens with one attached hydrogen (secondary N) is 1. The second-order valence-electron chi connectivity index (χ2n) is 11.3. The van der Waals surface area contributed by atoms with E-state index < -0.39 is 29.2 Å². The molecule has 1 atom stereocenters. The molecular formula is C30H33F2N7O4. The molecular weight excluding hydrogens is 560 g/mol. The van der Waals surface area contributed by atoms with Gasteiger partial charge in [-0.15, -0.1) is 0 Å². The van der Waals surface area contributed by atoms with Crippen molar-refractivity contribution in [2.75, 3.05) is 25.9 Å². The number of likely N-dealkylation sites (tertiary alicyclic amines) is 1. The van der Waals surface area contributed by atoms with Crippen molar-refractivity contribution in [1.82, 2.24) is 30.0 Å². The molecule has 0 saturated carbocycles. The van der Waals surface area contributed by atoms with Gasteiger partial charge < -0.3 is 25.4 Å². The molecule has 1 aliphatic heterocycles. The summed E-state index contributed by atoms with van der Waals surface area (Å²) in [6.07, 6.45) is 2.42. The van der Waals surface area contributed by atoms with E-state index in [0.717, 1.165) is 25.0 Å². The van der Waals surface area contributed by atoms with Crippen molar-refractivity contribution in [2.24, 2.45) is 0 Å². The van der Waals surface area contributed by atoms with E-state index in [-0.39, 0.29) is 35.3 Å². The van der Waals surface area contributed by atoms with E-state index in [4.69, 9.17) is 20.3 Å². The number of methoxy groups -OCH3 is 1. The van der Waals surface area contributed by atoms with Gasteiger partial charge in [0.2, 0.25) is 0 Å². The summed E-state index contributed by atoms with van der Waals surface area (Å²) in [5.41, 5.74) is 7.30. The van der Waals surface area contributed by atoms with Crippen LogP contribution in [0.25, 0.3) is 22.3 Å². The van der Waals surface area contributed by atoms with Gasteiger partial charge >= 0.3 is 6.09 Å². The maximum absolute atomic E-state index is 15.3. The van der Waals surface area contributed by atoms with Gasteiger partial charge in [0.15, 0.2) is 5.65 Å². The fraction of sp³-hybridized carbons (Fsp3) is 0.367. The second-order valence-corrected chi connectivity index (χ2v) is 11.3. The molecule has 43 heavy (non-hydrogen) atoms. The topological polar surface area (TPSA) is 137 Å². The molecule has 0 bridgehead atoms. The van der Waals surface area contributed by atoms with E-state index in [2.05, 4.69) is 15.3 Å². The molecule has 0 unspecified atom stereocenters. The first kappa shape index (κ1) is 29.7. The average molecular weight is 594 g/mol. The van der Waals surface area contributed by atoms with E-state index in [9.17, 15) is 14.0 Å². The van der Waals surface area contributed by atoms with Gasteiger partial charge in [-0.05, 0) is 51.8 Å². The zero-order chi connectivity index (χ0) is 30.9. The Labute approximate surface area is 247 Å². The lowest BCUT2D eigenvalue weighted by atomic mass is 10.1. The summed E-state index contributed by atoms with van der Waals surface area (Å²) in [6.45, 7) is 6.27. The third-order valence-electron chi connectivity index (χ3n) is 7.09. The summed E-state index contributed by atoms with van der Waals surface area (Å²) in [5.74, 6) is -1.39. The summed E-state index contributed by atoms with van der Waals surface area (Å²) < 4.78 is 41.2. The number of benzene rings is 2. The zero-order valence-electron chi connectivity index (χ0n) is 24.4. The Morgan fingerprint density at radius 2 is 1.93 bits per heavy atom. The third kappa shape index (κ3) is 6.35. The number of rotatable bonds is 6. The highest BCUT2D eigenvalue weighted by Crippen LogP contribution is 2.34. The maximum atomic E-state index is 15.3. The number of anilines is 1. The van der Waals surface area contributed by atoms with E-state index in [1.807, 2.05) is 20.8 Å². The Bertz CT molecular complexity index is 1690. The molecule has 1 fully saturated rings. The lowest BCUT2D eigenvalue weighted by Crippen LogP contribution is -2.43. The first-order valence-corrected chi connectivity index (χ1v) is 13.8. The molecule has 5 rings (SSSR count). The van der Waals surface area contributed by atoms with Crippen molar-refractivity contribution in [2.45, 2.75) is 51.8 Å². The second kappa shape index (κ2) is 11.8. The Hall–Kier alpha value is -4.81. The molecule has 2 aromatic carbocycles. The summed E-state index contributed by atoms with van der Waals surface area (Å²) in [6, 6.07) is 7.87. The summed E-state index contributed by atoms with van der Waals surface area (Å²) in [7, 11) is 1.33. The lowest BCUT2D eigenvalue weighted by molar-refractivity contribution is 0.0169. The summed E-state index contributed by atoms with van der Waals surface area (Å²) in [4.78, 5) is 35.6. The van der Waals surface area contributed by atoms with Crippen LogP contribution in [0.1, 0.15) is 55.6 Å². The minimum Gasteiger partial charge on any atom is -0.496 e. The molecule has 2 amide bonds. The van der Waals surface area contributed by atoms with Gasteiger partial charge in [-0.25, -0.2) is 28.2 Å². The third-order valence-corrected chi connectivity index (χ3v) is 7.09. The van der Waals surface area contributed by atoms with Crippen molar-refractivity contribution in [3.05, 3.63) is 65.5 Å². The van der Waals surface area contributed by atoms with Gasteiger partial charge in [0.1, 0.15) is 40.8 Å². The standard InChI is InChI=1S/C30H33F2N7O4/c1-30(2,3)43-29(41)38-11-5-6-20(15-38)39-27-24(26(33)35-16-36-27)25(37-39)17-7-8-18(22(32)12-17)14-34-28(40)21-10-9-19(31)13-23(21)42-4/h7-10,12-13,16,20H,5-6,11,14-15H2,1-4H3,(H,34,40)(H2,33,35,36)/t20-/m1/s1. The minimum atomic E-state index is -0.621. The van der Waals surface area contributed by atoms with Crippen LogP contribution in [0.2, 0.25) is 0 Å². The number of fused-ring (bicyclic) bond motifs is 1. The Morgan fingerprint density at radius 1 is 1.14 bits per heavy atom. The van der Waals surface area contributed by atoms with E-state index >= 15 is 4.39 Å². The van der Waals surface area contributed by atoms with Crippen molar-refractivity contribution in [3.8, 4) is 17.0 Å². The number of carbonyl (C=O) groups is 2. The number of ether oxygens (including phenoxy) is 2. The number of nitrogens with two attached hydrogens (primary N) is 1. The normalized spacial score (nSPS) is 15.4. The van der Waals surface area contributed by atoms with Crippen molar-refractivity contribution < 1.29 is 27.8 Å². The molecule has 11 nitrogen and oxygen atoms in total. The molecule has 3 heterocycles. The fourth-order valence-electron chi connectivity index (χ4n) is 5.06. The average Bonchev–Trinajstić information content (AvgIpc) is 3.36. The smallest absolute Gasteiger partial charge is 0.410 e. The number of aromatic nitrogens is 4. The minimum absolute atomic E-state index is 0.0720. The van der Waals surface area contributed by atoms with Crippen LogP contribution in [0.15, 0.2) is 42.7 Å². The van der Waals surface area contributed by atoms with Gasteiger partial charge in [-0.3, -0.25) is 4.79 Å². The van der Waals surface area contributed by atoms with Crippen LogP contribution in [0, 0.1) is 11.6 Å². The van der Waals surface area contributed by atoms with Crippen molar-refractivity contribution >= 4 is 28.9 Å². The van der Waals surface area contributed by atoms with Gasteiger partial charge in [0.05, 0.1) is 24.1 Å². The Balaban J connectivity index is 1.40. The van der Waals surface area contributed by atoms with Gasteiger partial charge in [0, 0.05) is 36.8 Å². The molecule has 226 valence electrons. The van der Waals surface area contributed by atoms with E-state index in [0.29, 0.717) is 35.4 Å². The largest absolute Gasteiger partial charge is 0.496 e. The predicted molar refractivity (Wildman–Crippen MR) is 155 cm³/mol. The number of amides is 2. The van der Waals surface area contributed by atoms with Crippen LogP contribution in [-0.2, 0) is 11.3 Å². The van der Waals surface area contributed by atoms with Gasteiger partial charge in [-0.1, -0.05) is 12.1 Å². The monoisotopic (exact) mass is 593 g/mol. The van der Waals surface area contributed by atoms with Crippen LogP contribution in [0.4, 0.5) is 19.4 Å². The molecule has 13 heteroatoms. The fourth-order valence-corrected chi connectivity index (χ4v) is 5.06. The van der Waals surface area contributed by atoms with Crippen LogP contribution in [-0.4, -0.2) is 62.4 Å². The SMILES string of the molecule is COc1cc(F)ccc1C(=O)NCc1ccc(-c2nn([C@@H]3CCCN(C(=O)OC(C)(C)C)C3)c3ncnc(N)c23)cc1F. The van der Waals surface area contributed by atoms with Crippen molar-refractivity contribution in [1.29, 1.82) is 0 Å². The number of nitrogen functional groups attached to an aromatic ring is 1. The molecule has 1 aliphatic rings. The number of hydrogen-bond donors (Lipinski definition) is 2. The predicted octanol–water partition coefficient (Wildman–Crippen LogP) is 4.86. The van der Waals surface area contributed by atoms with Crippen LogP contribution >= 0.6 is 0 Å². The maximum Gasteiger partial charge on any atom is 0.410 e. The molecule has 0 radical (unpaired) electrons.